The second kappa shape index (κ2) is 8.34. The van der Waals surface area contributed by atoms with Crippen LogP contribution in [0.1, 0.15) is 24.0 Å². The van der Waals surface area contributed by atoms with Gasteiger partial charge >= 0.3 is 6.03 Å². The molecule has 3 fully saturated rings. The minimum absolute atomic E-state index is 0.0642. The van der Waals surface area contributed by atoms with Gasteiger partial charge in [-0.1, -0.05) is 30.0 Å². The van der Waals surface area contributed by atoms with Crippen molar-refractivity contribution in [2.24, 2.45) is 11.8 Å². The molecular formula is C22H26N2O4. The zero-order chi connectivity index (χ0) is 19.5. The molecule has 28 heavy (non-hydrogen) atoms. The van der Waals surface area contributed by atoms with E-state index < -0.39 is 0 Å². The molecule has 1 aromatic carbocycles. The van der Waals surface area contributed by atoms with Crippen LogP contribution in [0.3, 0.4) is 0 Å². The van der Waals surface area contributed by atoms with E-state index in [1.165, 1.54) is 0 Å². The number of nitrogens with zero attached hydrogens (tertiary/aromatic N) is 2. The molecule has 0 bridgehead atoms. The van der Waals surface area contributed by atoms with Crippen LogP contribution >= 0.6 is 0 Å². The van der Waals surface area contributed by atoms with Gasteiger partial charge in [0.25, 0.3) is 0 Å². The van der Waals surface area contributed by atoms with Crippen LogP contribution < -0.4 is 0 Å². The number of urea groups is 1. The molecule has 6 nitrogen and oxygen atoms in total. The van der Waals surface area contributed by atoms with Gasteiger partial charge in [0.1, 0.15) is 6.61 Å². The predicted octanol–water partition coefficient (Wildman–Crippen LogP) is 1.92. The molecule has 3 saturated heterocycles. The number of rotatable bonds is 2. The summed E-state index contributed by atoms with van der Waals surface area (Å²) in [4.78, 5) is 28.1. The lowest BCUT2D eigenvalue weighted by atomic mass is 9.88. The molecule has 0 unspecified atom stereocenters. The average molecular weight is 382 g/mol. The minimum Gasteiger partial charge on any atom is -0.380 e. The fourth-order valence-corrected chi connectivity index (χ4v) is 4.18. The molecule has 0 N–H and O–H groups in total. The Morgan fingerprint density at radius 3 is 2.89 bits per heavy atom. The molecule has 0 aliphatic carbocycles. The van der Waals surface area contributed by atoms with Gasteiger partial charge in [-0.15, -0.1) is 0 Å². The third-order valence-electron chi connectivity index (χ3n) is 5.76. The molecule has 4 rings (SSSR count). The number of likely N-dealkylation sites (tertiary alicyclic amines) is 2. The van der Waals surface area contributed by atoms with Crippen molar-refractivity contribution in [1.82, 2.24) is 9.80 Å². The lowest BCUT2D eigenvalue weighted by Crippen LogP contribution is -2.58. The van der Waals surface area contributed by atoms with Crippen molar-refractivity contribution in [1.29, 1.82) is 0 Å². The maximum absolute atomic E-state index is 12.8. The van der Waals surface area contributed by atoms with Crippen LogP contribution in [0.15, 0.2) is 24.3 Å². The van der Waals surface area contributed by atoms with Gasteiger partial charge in [0.15, 0.2) is 5.78 Å². The van der Waals surface area contributed by atoms with Gasteiger partial charge in [0.05, 0.1) is 18.6 Å². The number of benzene rings is 1. The Morgan fingerprint density at radius 2 is 2.07 bits per heavy atom. The lowest BCUT2D eigenvalue weighted by Gasteiger charge is -2.45. The van der Waals surface area contributed by atoms with Crippen LogP contribution in [0.5, 0.6) is 0 Å². The van der Waals surface area contributed by atoms with Gasteiger partial charge in [0.2, 0.25) is 0 Å². The van der Waals surface area contributed by atoms with E-state index in [1.807, 2.05) is 34.1 Å². The molecule has 0 aromatic heterocycles. The van der Waals surface area contributed by atoms with Crippen molar-refractivity contribution < 1.29 is 19.1 Å². The van der Waals surface area contributed by atoms with Crippen molar-refractivity contribution in [3.8, 4) is 11.8 Å². The van der Waals surface area contributed by atoms with Crippen molar-refractivity contribution in [3.63, 3.8) is 0 Å². The van der Waals surface area contributed by atoms with E-state index in [1.54, 1.807) is 7.11 Å². The molecule has 6 heteroatoms. The number of hydrogen-bond donors (Lipinski definition) is 0. The fraction of sp³-hybridized carbons (Fsp3) is 0.545. The van der Waals surface area contributed by atoms with E-state index in [0.29, 0.717) is 39.2 Å². The number of carbonyl (C=O) groups excluding carboxylic acids is 2. The van der Waals surface area contributed by atoms with Crippen LogP contribution in [0.4, 0.5) is 4.79 Å². The van der Waals surface area contributed by atoms with Crippen LogP contribution in [0.2, 0.25) is 0 Å². The number of amides is 2. The molecule has 3 aliphatic heterocycles. The minimum atomic E-state index is 0.0642. The van der Waals surface area contributed by atoms with Crippen molar-refractivity contribution in [2.45, 2.75) is 25.6 Å². The maximum atomic E-state index is 12.8. The zero-order valence-electron chi connectivity index (χ0n) is 16.2. The molecule has 1 aromatic rings. The maximum Gasteiger partial charge on any atom is 0.320 e. The van der Waals surface area contributed by atoms with Crippen molar-refractivity contribution >= 4 is 11.8 Å². The first-order valence-electron chi connectivity index (χ1n) is 9.89. The van der Waals surface area contributed by atoms with E-state index in [0.717, 1.165) is 17.5 Å². The molecule has 148 valence electrons. The highest BCUT2D eigenvalue weighted by atomic mass is 16.5. The second-order valence-electron chi connectivity index (χ2n) is 7.83. The number of hydrogen-bond acceptors (Lipinski definition) is 4. The standard InChI is InChI=1S/C22H26N2O4/c1-27-14-18-5-3-2-4-17(18)7-6-16-11-24(12-16)22(26)23-9-8-21-19(13-23)10-20(25)15-28-21/h2-5,16,19,21H,8-15H2,1H3/t19-,21+/m1/s1. The first-order chi connectivity index (χ1) is 13.6. The molecule has 3 heterocycles. The summed E-state index contributed by atoms with van der Waals surface area (Å²) in [5, 5.41) is 0. The van der Waals surface area contributed by atoms with Crippen LogP contribution in [-0.2, 0) is 20.9 Å². The smallest absolute Gasteiger partial charge is 0.320 e. The Morgan fingerprint density at radius 1 is 1.25 bits per heavy atom. The van der Waals surface area contributed by atoms with Gasteiger partial charge in [-0.25, -0.2) is 4.79 Å². The highest BCUT2D eigenvalue weighted by Crippen LogP contribution is 2.28. The molecule has 0 spiro atoms. The summed E-state index contributed by atoms with van der Waals surface area (Å²) in [6.07, 6.45) is 1.48. The summed E-state index contributed by atoms with van der Waals surface area (Å²) in [5.41, 5.74) is 2.06. The summed E-state index contributed by atoms with van der Waals surface area (Å²) < 4.78 is 10.8. The van der Waals surface area contributed by atoms with E-state index >= 15 is 0 Å². The SMILES string of the molecule is COCc1ccccc1C#CC1CN(C(=O)N2CC[C@@H]3OCC(=O)C[C@@H]3C2)C1. The Bertz CT molecular complexity index is 806. The average Bonchev–Trinajstić information content (AvgIpc) is 2.67. The van der Waals surface area contributed by atoms with E-state index in [-0.39, 0.29) is 36.4 Å². The Kier molecular flexibility index (Phi) is 5.65. The first kappa shape index (κ1) is 19.0. The van der Waals surface area contributed by atoms with Crippen LogP contribution in [0, 0.1) is 23.7 Å². The number of ether oxygens (including phenoxy) is 2. The van der Waals surface area contributed by atoms with Gasteiger partial charge in [-0.3, -0.25) is 4.79 Å². The van der Waals surface area contributed by atoms with Gasteiger partial charge in [-0.05, 0) is 18.1 Å². The van der Waals surface area contributed by atoms with Gasteiger partial charge in [-0.2, -0.15) is 0 Å². The monoisotopic (exact) mass is 382 g/mol. The number of fused-ring (bicyclic) bond motifs is 1. The van der Waals surface area contributed by atoms with E-state index in [9.17, 15) is 9.59 Å². The molecule has 2 atom stereocenters. The Balaban J connectivity index is 1.30. The lowest BCUT2D eigenvalue weighted by molar-refractivity contribution is -0.140. The number of methoxy groups -OCH3 is 1. The Labute approximate surface area is 165 Å². The number of ketones is 1. The number of piperidine rings is 1. The summed E-state index contributed by atoms with van der Waals surface area (Å²) in [7, 11) is 1.68. The van der Waals surface area contributed by atoms with Crippen LogP contribution in [0.25, 0.3) is 0 Å². The predicted molar refractivity (Wildman–Crippen MR) is 104 cm³/mol. The first-order valence-corrected chi connectivity index (χ1v) is 9.89. The normalized spacial score (nSPS) is 24.8. The number of Topliss-reactive ketones (excluding diaryl/α,β-unsaturated/α-hetero) is 1. The third kappa shape index (κ3) is 4.06. The summed E-state index contributed by atoms with van der Waals surface area (Å²) >= 11 is 0. The van der Waals surface area contributed by atoms with Gasteiger partial charge < -0.3 is 19.3 Å². The highest BCUT2D eigenvalue weighted by molar-refractivity contribution is 5.81. The second-order valence-corrected chi connectivity index (χ2v) is 7.83. The summed E-state index contributed by atoms with van der Waals surface area (Å²) in [6, 6.07) is 8.04. The van der Waals surface area contributed by atoms with Crippen molar-refractivity contribution in [3.05, 3.63) is 35.4 Å². The molecule has 2 amide bonds. The van der Waals surface area contributed by atoms with Gasteiger partial charge in [0, 0.05) is 51.2 Å². The third-order valence-corrected chi connectivity index (χ3v) is 5.76. The highest BCUT2D eigenvalue weighted by Gasteiger charge is 2.39. The van der Waals surface area contributed by atoms with Crippen molar-refractivity contribution in [2.75, 3.05) is 39.9 Å². The molecule has 0 saturated carbocycles. The topological polar surface area (TPSA) is 59.1 Å². The summed E-state index contributed by atoms with van der Waals surface area (Å²) in [6.45, 7) is 3.42. The summed E-state index contributed by atoms with van der Waals surface area (Å²) in [5.74, 6) is 7.03. The van der Waals surface area contributed by atoms with Crippen LogP contribution in [-0.4, -0.2) is 67.6 Å². The number of carbonyl (C=O) groups is 2. The molecule has 0 radical (unpaired) electrons. The Hall–Kier alpha value is -2.36. The fourth-order valence-electron chi connectivity index (χ4n) is 4.18. The molecular weight excluding hydrogens is 356 g/mol. The van der Waals surface area contributed by atoms with E-state index in [4.69, 9.17) is 9.47 Å². The van der Waals surface area contributed by atoms with E-state index in [2.05, 4.69) is 11.8 Å². The largest absolute Gasteiger partial charge is 0.380 e. The molecule has 3 aliphatic rings. The zero-order valence-corrected chi connectivity index (χ0v) is 16.2. The quantitative estimate of drug-likeness (QED) is 0.734.